The number of carboxylic acid groups (broad SMARTS) is 1. The highest BCUT2D eigenvalue weighted by Gasteiger charge is 2.26. The average molecular weight is 466 g/mol. The second-order valence-electron chi connectivity index (χ2n) is 8.88. The molecular weight excluding hydrogens is 434 g/mol. The van der Waals surface area contributed by atoms with Gasteiger partial charge in [-0.1, -0.05) is 31.2 Å². The van der Waals surface area contributed by atoms with Crippen LogP contribution >= 0.6 is 0 Å². The Morgan fingerprint density at radius 3 is 2.38 bits per heavy atom. The van der Waals surface area contributed by atoms with Crippen molar-refractivity contribution >= 4 is 12.0 Å². The first kappa shape index (κ1) is 24.8. The van der Waals surface area contributed by atoms with Crippen molar-refractivity contribution in [3.63, 3.8) is 0 Å². The summed E-state index contributed by atoms with van der Waals surface area (Å²) in [6.07, 6.45) is 1.49. The Morgan fingerprint density at radius 1 is 1.15 bits per heavy atom. The van der Waals surface area contributed by atoms with Gasteiger partial charge in [-0.2, -0.15) is 5.10 Å². The highest BCUT2D eigenvalue weighted by Crippen LogP contribution is 2.26. The van der Waals surface area contributed by atoms with E-state index in [4.69, 9.17) is 4.74 Å². The van der Waals surface area contributed by atoms with Crippen LogP contribution in [0.25, 0.3) is 16.9 Å². The molecule has 2 aromatic heterocycles. The minimum atomic E-state index is -0.968. The molecule has 0 spiro atoms. The van der Waals surface area contributed by atoms with Crippen LogP contribution in [-0.4, -0.2) is 56.0 Å². The molecule has 1 aromatic carbocycles. The summed E-state index contributed by atoms with van der Waals surface area (Å²) in [6.45, 7) is 8.41. The monoisotopic (exact) mass is 465 g/mol. The average Bonchev–Trinajstić information content (AvgIpc) is 3.26. The van der Waals surface area contributed by atoms with Gasteiger partial charge in [0, 0.05) is 30.3 Å². The zero-order chi connectivity index (χ0) is 24.9. The van der Waals surface area contributed by atoms with E-state index in [2.05, 4.69) is 15.4 Å². The number of benzene rings is 1. The van der Waals surface area contributed by atoms with Crippen LogP contribution in [0.4, 0.5) is 4.79 Å². The lowest BCUT2D eigenvalue weighted by Gasteiger charge is -2.33. The number of carbonyl (C=O) groups is 2. The third-order valence-electron chi connectivity index (χ3n) is 5.28. The number of aromatic nitrogens is 3. The molecule has 0 aliphatic rings. The molecule has 0 bridgehead atoms. The fourth-order valence-corrected chi connectivity index (χ4v) is 3.40. The van der Waals surface area contributed by atoms with Crippen molar-refractivity contribution in [2.24, 2.45) is 0 Å². The van der Waals surface area contributed by atoms with Gasteiger partial charge in [-0.15, -0.1) is 0 Å². The molecule has 2 N–H and O–H groups in total. The molecule has 2 heterocycles. The molecule has 3 aromatic rings. The predicted molar refractivity (Wildman–Crippen MR) is 129 cm³/mol. The van der Waals surface area contributed by atoms with E-state index in [9.17, 15) is 14.7 Å². The summed E-state index contributed by atoms with van der Waals surface area (Å²) in [5.74, 6) is 0.228. The Hall–Kier alpha value is -3.88. The van der Waals surface area contributed by atoms with E-state index in [0.717, 1.165) is 17.5 Å². The van der Waals surface area contributed by atoms with Crippen molar-refractivity contribution in [2.75, 3.05) is 13.7 Å². The van der Waals surface area contributed by atoms with E-state index in [1.165, 1.54) is 4.90 Å². The molecule has 34 heavy (non-hydrogen) atoms. The first-order chi connectivity index (χ1) is 16.1. The van der Waals surface area contributed by atoms with Gasteiger partial charge in [-0.3, -0.25) is 9.69 Å². The molecule has 0 aliphatic carbocycles. The number of pyridine rings is 1. The molecule has 0 fully saturated rings. The molecule has 180 valence electrons. The lowest BCUT2D eigenvalue weighted by atomic mass is 10.0. The number of carbonyl (C=O) groups excluding carboxylic acids is 1. The van der Waals surface area contributed by atoms with Gasteiger partial charge in [0.15, 0.2) is 5.69 Å². The molecule has 2 amide bonds. The number of ether oxygens (including phenoxy) is 1. The first-order valence-electron chi connectivity index (χ1n) is 11.1. The van der Waals surface area contributed by atoms with Crippen molar-refractivity contribution in [3.8, 4) is 22.8 Å². The zero-order valence-corrected chi connectivity index (χ0v) is 20.2. The Labute approximate surface area is 199 Å². The smallest absolute Gasteiger partial charge is 0.408 e. The van der Waals surface area contributed by atoms with E-state index in [-0.39, 0.29) is 12.5 Å². The molecule has 0 radical (unpaired) electrons. The van der Waals surface area contributed by atoms with Gasteiger partial charge in [-0.25, -0.2) is 14.5 Å². The fraction of sp³-hybridized carbons (Fsp3) is 0.360. The summed E-state index contributed by atoms with van der Waals surface area (Å²) >= 11 is 0. The van der Waals surface area contributed by atoms with E-state index in [1.54, 1.807) is 30.1 Å². The summed E-state index contributed by atoms with van der Waals surface area (Å²) in [5, 5.41) is 17.0. The van der Waals surface area contributed by atoms with Crippen molar-refractivity contribution in [1.82, 2.24) is 25.0 Å². The number of rotatable bonds is 8. The van der Waals surface area contributed by atoms with Gasteiger partial charge < -0.3 is 15.2 Å². The van der Waals surface area contributed by atoms with E-state index in [0.29, 0.717) is 29.5 Å². The van der Waals surface area contributed by atoms with E-state index >= 15 is 0 Å². The van der Waals surface area contributed by atoms with Crippen LogP contribution in [-0.2, 0) is 6.54 Å². The summed E-state index contributed by atoms with van der Waals surface area (Å²) in [6, 6.07) is 12.9. The third-order valence-corrected chi connectivity index (χ3v) is 5.28. The van der Waals surface area contributed by atoms with Crippen LogP contribution in [0.5, 0.6) is 5.88 Å². The van der Waals surface area contributed by atoms with Crippen LogP contribution in [0.2, 0.25) is 0 Å². The van der Waals surface area contributed by atoms with Crippen LogP contribution in [0.15, 0.2) is 48.7 Å². The first-order valence-corrected chi connectivity index (χ1v) is 11.1. The second-order valence-corrected chi connectivity index (χ2v) is 8.88. The zero-order valence-electron chi connectivity index (χ0n) is 20.2. The van der Waals surface area contributed by atoms with Crippen molar-refractivity contribution < 1.29 is 19.4 Å². The lowest BCUT2D eigenvalue weighted by molar-refractivity contribution is 0.0941. The number of methoxy groups -OCH3 is 1. The van der Waals surface area contributed by atoms with Gasteiger partial charge in [0.05, 0.1) is 24.7 Å². The Balaban J connectivity index is 1.97. The normalized spacial score (nSPS) is 11.2. The maximum atomic E-state index is 12.6. The fourth-order valence-electron chi connectivity index (χ4n) is 3.40. The van der Waals surface area contributed by atoms with Gasteiger partial charge in [0.1, 0.15) is 0 Å². The lowest BCUT2D eigenvalue weighted by Crippen LogP contribution is -2.44. The minimum Gasteiger partial charge on any atom is -0.481 e. The van der Waals surface area contributed by atoms with Gasteiger partial charge >= 0.3 is 6.09 Å². The van der Waals surface area contributed by atoms with Gasteiger partial charge in [0.25, 0.3) is 5.91 Å². The van der Waals surface area contributed by atoms with Crippen LogP contribution in [0.3, 0.4) is 0 Å². The predicted octanol–water partition coefficient (Wildman–Crippen LogP) is 4.36. The quantitative estimate of drug-likeness (QED) is 0.512. The highest BCUT2D eigenvalue weighted by atomic mass is 16.5. The summed E-state index contributed by atoms with van der Waals surface area (Å²) in [7, 11) is 1.55. The maximum Gasteiger partial charge on any atom is 0.408 e. The molecular formula is C25H31N5O4. The standard InChI is InChI=1S/C25H31N5O4/c1-6-13-26-23(31)20-14-21(30(28-20)19-11-12-22(34-5)27-15-19)18-9-7-17(8-10-18)16-29(24(32)33)25(2,3)4/h7-12,14-15H,6,13,16H2,1-5H3,(H,26,31)(H,32,33). The Bertz CT molecular complexity index is 1130. The molecule has 0 aliphatic heterocycles. The number of nitrogens with one attached hydrogen (secondary N) is 1. The molecule has 9 heteroatoms. The molecule has 0 saturated heterocycles. The van der Waals surface area contributed by atoms with Crippen LogP contribution in [0.1, 0.15) is 50.2 Å². The summed E-state index contributed by atoms with van der Waals surface area (Å²) in [4.78, 5) is 29.9. The SMILES string of the molecule is CCCNC(=O)c1cc(-c2ccc(CN(C(=O)O)C(C)(C)C)cc2)n(-c2ccc(OC)nc2)n1. The topological polar surface area (TPSA) is 110 Å². The van der Waals surface area contributed by atoms with Crippen molar-refractivity contribution in [3.05, 3.63) is 59.9 Å². The van der Waals surface area contributed by atoms with Crippen LogP contribution < -0.4 is 10.1 Å². The largest absolute Gasteiger partial charge is 0.481 e. The number of hydrogen-bond donors (Lipinski definition) is 2. The molecule has 0 atom stereocenters. The molecule has 9 nitrogen and oxygen atoms in total. The second kappa shape index (κ2) is 10.4. The number of amides is 2. The van der Waals surface area contributed by atoms with E-state index < -0.39 is 11.6 Å². The molecule has 3 rings (SSSR count). The van der Waals surface area contributed by atoms with Gasteiger partial charge in [-0.05, 0) is 44.9 Å². The number of hydrogen-bond acceptors (Lipinski definition) is 5. The Morgan fingerprint density at radius 2 is 1.85 bits per heavy atom. The molecule has 0 unspecified atom stereocenters. The number of nitrogens with zero attached hydrogens (tertiary/aromatic N) is 4. The van der Waals surface area contributed by atoms with Crippen molar-refractivity contribution in [2.45, 2.75) is 46.2 Å². The summed E-state index contributed by atoms with van der Waals surface area (Å²) in [5.41, 5.74) is 2.86. The maximum absolute atomic E-state index is 12.6. The minimum absolute atomic E-state index is 0.248. The highest BCUT2D eigenvalue weighted by molar-refractivity contribution is 5.93. The van der Waals surface area contributed by atoms with Crippen molar-refractivity contribution in [1.29, 1.82) is 0 Å². The third kappa shape index (κ3) is 5.72. The van der Waals surface area contributed by atoms with E-state index in [1.807, 2.05) is 58.0 Å². The van der Waals surface area contributed by atoms with Crippen LogP contribution in [0, 0.1) is 0 Å². The summed E-state index contributed by atoms with van der Waals surface area (Å²) < 4.78 is 6.81. The Kier molecular flexibility index (Phi) is 7.55. The van der Waals surface area contributed by atoms with Gasteiger partial charge in [0.2, 0.25) is 5.88 Å². The molecule has 0 saturated carbocycles.